The van der Waals surface area contributed by atoms with Gasteiger partial charge >= 0.3 is 0 Å². The van der Waals surface area contributed by atoms with Gasteiger partial charge in [0.15, 0.2) is 0 Å². The van der Waals surface area contributed by atoms with Crippen molar-refractivity contribution in [1.29, 1.82) is 0 Å². The number of fused-ring (bicyclic) bond motifs is 1. The SMILES string of the molecule is COc1ccc2c(CC(C)(C)C)c[nH]c2c1. The maximum absolute atomic E-state index is 5.21. The molecule has 86 valence electrons. The van der Waals surface area contributed by atoms with Crippen molar-refractivity contribution in [2.24, 2.45) is 5.41 Å². The molecule has 0 aliphatic carbocycles. The second-order valence-electron chi connectivity index (χ2n) is 5.46. The van der Waals surface area contributed by atoms with Crippen LogP contribution in [0.15, 0.2) is 24.4 Å². The van der Waals surface area contributed by atoms with Crippen LogP contribution in [0.4, 0.5) is 0 Å². The van der Waals surface area contributed by atoms with Crippen LogP contribution in [0.5, 0.6) is 5.75 Å². The fourth-order valence-corrected chi connectivity index (χ4v) is 2.01. The first kappa shape index (κ1) is 11.1. The topological polar surface area (TPSA) is 25.0 Å². The summed E-state index contributed by atoms with van der Waals surface area (Å²) < 4.78 is 5.21. The van der Waals surface area contributed by atoms with E-state index in [1.165, 1.54) is 10.9 Å². The van der Waals surface area contributed by atoms with Crippen molar-refractivity contribution in [2.45, 2.75) is 27.2 Å². The Labute approximate surface area is 96.6 Å². The lowest BCUT2D eigenvalue weighted by Crippen LogP contribution is -2.08. The average molecular weight is 217 g/mol. The summed E-state index contributed by atoms with van der Waals surface area (Å²) in [7, 11) is 1.69. The fourth-order valence-electron chi connectivity index (χ4n) is 2.01. The molecule has 16 heavy (non-hydrogen) atoms. The maximum Gasteiger partial charge on any atom is 0.120 e. The summed E-state index contributed by atoms with van der Waals surface area (Å²) in [5.41, 5.74) is 2.85. The number of aromatic amines is 1. The molecule has 1 N–H and O–H groups in total. The van der Waals surface area contributed by atoms with Gasteiger partial charge in [-0.15, -0.1) is 0 Å². The minimum absolute atomic E-state index is 0.315. The summed E-state index contributed by atoms with van der Waals surface area (Å²) in [6, 6.07) is 6.19. The Balaban J connectivity index is 2.42. The summed E-state index contributed by atoms with van der Waals surface area (Å²) in [6.07, 6.45) is 3.19. The number of rotatable bonds is 2. The van der Waals surface area contributed by atoms with Crippen molar-refractivity contribution in [2.75, 3.05) is 7.11 Å². The largest absolute Gasteiger partial charge is 0.497 e. The molecule has 0 spiro atoms. The molecule has 0 unspecified atom stereocenters. The van der Waals surface area contributed by atoms with Crippen molar-refractivity contribution < 1.29 is 4.74 Å². The van der Waals surface area contributed by atoms with Crippen LogP contribution in [0.1, 0.15) is 26.3 Å². The second kappa shape index (κ2) is 3.85. The highest BCUT2D eigenvalue weighted by molar-refractivity contribution is 5.84. The minimum Gasteiger partial charge on any atom is -0.497 e. The second-order valence-corrected chi connectivity index (χ2v) is 5.46. The number of nitrogens with one attached hydrogen (secondary N) is 1. The molecule has 0 fully saturated rings. The molecule has 0 bridgehead atoms. The van der Waals surface area contributed by atoms with E-state index in [1.807, 2.05) is 12.1 Å². The summed E-state index contributed by atoms with van der Waals surface area (Å²) >= 11 is 0. The summed E-state index contributed by atoms with van der Waals surface area (Å²) in [4.78, 5) is 3.31. The molecule has 0 saturated heterocycles. The Morgan fingerprint density at radius 1 is 1.25 bits per heavy atom. The highest BCUT2D eigenvalue weighted by atomic mass is 16.5. The fraction of sp³-hybridized carbons (Fsp3) is 0.429. The average Bonchev–Trinajstić information content (AvgIpc) is 2.58. The van der Waals surface area contributed by atoms with Crippen LogP contribution in [0.25, 0.3) is 10.9 Å². The van der Waals surface area contributed by atoms with E-state index in [9.17, 15) is 0 Å². The van der Waals surface area contributed by atoms with Crippen molar-refractivity contribution >= 4 is 10.9 Å². The first-order chi connectivity index (χ1) is 7.49. The van der Waals surface area contributed by atoms with Crippen LogP contribution in [-0.2, 0) is 6.42 Å². The van der Waals surface area contributed by atoms with Crippen molar-refractivity contribution in [3.63, 3.8) is 0 Å². The molecule has 0 saturated carbocycles. The third kappa shape index (κ3) is 2.21. The zero-order chi connectivity index (χ0) is 11.8. The number of ether oxygens (including phenoxy) is 1. The van der Waals surface area contributed by atoms with E-state index in [0.717, 1.165) is 17.7 Å². The highest BCUT2D eigenvalue weighted by Gasteiger charge is 2.14. The molecule has 1 heterocycles. The summed E-state index contributed by atoms with van der Waals surface area (Å²) in [5.74, 6) is 0.900. The van der Waals surface area contributed by atoms with Crippen LogP contribution in [0, 0.1) is 5.41 Å². The van der Waals surface area contributed by atoms with Gasteiger partial charge in [-0.1, -0.05) is 20.8 Å². The molecule has 0 amide bonds. The van der Waals surface area contributed by atoms with Gasteiger partial charge in [0.2, 0.25) is 0 Å². The Morgan fingerprint density at radius 3 is 2.62 bits per heavy atom. The maximum atomic E-state index is 5.21. The molecule has 0 atom stereocenters. The zero-order valence-corrected chi connectivity index (χ0v) is 10.4. The Hall–Kier alpha value is -1.44. The number of hydrogen-bond donors (Lipinski definition) is 1. The van der Waals surface area contributed by atoms with Gasteiger partial charge in [0.05, 0.1) is 7.11 Å². The molecular weight excluding hydrogens is 198 g/mol. The van der Waals surface area contributed by atoms with Crippen molar-refractivity contribution in [3.05, 3.63) is 30.0 Å². The highest BCUT2D eigenvalue weighted by Crippen LogP contribution is 2.28. The Kier molecular flexibility index (Phi) is 2.66. The van der Waals surface area contributed by atoms with E-state index in [2.05, 4.69) is 38.0 Å². The van der Waals surface area contributed by atoms with Gasteiger partial charge in [-0.05, 0) is 29.5 Å². The smallest absolute Gasteiger partial charge is 0.120 e. The van der Waals surface area contributed by atoms with Crippen LogP contribution < -0.4 is 4.74 Å². The molecule has 2 nitrogen and oxygen atoms in total. The first-order valence-electron chi connectivity index (χ1n) is 5.63. The van der Waals surface area contributed by atoms with E-state index in [0.29, 0.717) is 5.41 Å². The lowest BCUT2D eigenvalue weighted by Gasteiger charge is -2.17. The molecular formula is C14H19NO. The predicted octanol–water partition coefficient (Wildman–Crippen LogP) is 3.77. The molecule has 2 heteroatoms. The van der Waals surface area contributed by atoms with Crippen LogP contribution >= 0.6 is 0 Å². The summed E-state index contributed by atoms with van der Waals surface area (Å²) in [5, 5.41) is 1.30. The number of benzene rings is 1. The van der Waals surface area contributed by atoms with E-state index in [-0.39, 0.29) is 0 Å². The molecule has 0 aliphatic rings. The lowest BCUT2D eigenvalue weighted by atomic mass is 9.88. The Bertz CT molecular complexity index is 491. The monoisotopic (exact) mass is 217 g/mol. The molecule has 2 rings (SSSR count). The molecule has 0 aliphatic heterocycles. The van der Waals surface area contributed by atoms with E-state index in [4.69, 9.17) is 4.74 Å². The lowest BCUT2D eigenvalue weighted by molar-refractivity contribution is 0.412. The van der Waals surface area contributed by atoms with E-state index >= 15 is 0 Å². The molecule has 1 aromatic carbocycles. The van der Waals surface area contributed by atoms with Crippen LogP contribution in [0.2, 0.25) is 0 Å². The minimum atomic E-state index is 0.315. The molecule has 0 radical (unpaired) electrons. The van der Waals surface area contributed by atoms with E-state index < -0.39 is 0 Å². The number of hydrogen-bond acceptors (Lipinski definition) is 1. The van der Waals surface area contributed by atoms with Gasteiger partial charge in [0.1, 0.15) is 5.75 Å². The van der Waals surface area contributed by atoms with Crippen molar-refractivity contribution in [3.8, 4) is 5.75 Å². The quantitative estimate of drug-likeness (QED) is 0.814. The third-order valence-corrected chi connectivity index (χ3v) is 2.70. The first-order valence-corrected chi connectivity index (χ1v) is 5.63. The van der Waals surface area contributed by atoms with Gasteiger partial charge in [-0.3, -0.25) is 0 Å². The van der Waals surface area contributed by atoms with Gasteiger partial charge in [-0.2, -0.15) is 0 Å². The molecule has 2 aromatic rings. The predicted molar refractivity (Wildman–Crippen MR) is 68.0 cm³/mol. The zero-order valence-electron chi connectivity index (χ0n) is 10.4. The number of methoxy groups -OCH3 is 1. The normalized spacial score (nSPS) is 12.0. The standard InChI is InChI=1S/C14H19NO/c1-14(2,3)8-10-9-15-13-7-11(16-4)5-6-12(10)13/h5-7,9,15H,8H2,1-4H3. The number of H-pyrrole nitrogens is 1. The van der Waals surface area contributed by atoms with Crippen LogP contribution in [0.3, 0.4) is 0 Å². The van der Waals surface area contributed by atoms with Crippen molar-refractivity contribution in [1.82, 2.24) is 4.98 Å². The summed E-state index contributed by atoms with van der Waals surface area (Å²) in [6.45, 7) is 6.78. The van der Waals surface area contributed by atoms with Gasteiger partial charge in [0.25, 0.3) is 0 Å². The van der Waals surface area contributed by atoms with E-state index in [1.54, 1.807) is 7.11 Å². The number of aromatic nitrogens is 1. The Morgan fingerprint density at radius 2 is 2.00 bits per heavy atom. The van der Waals surface area contributed by atoms with Gasteiger partial charge in [0, 0.05) is 23.2 Å². The van der Waals surface area contributed by atoms with Gasteiger partial charge < -0.3 is 9.72 Å². The van der Waals surface area contributed by atoms with Gasteiger partial charge in [-0.25, -0.2) is 0 Å². The van der Waals surface area contributed by atoms with Crippen LogP contribution in [-0.4, -0.2) is 12.1 Å². The third-order valence-electron chi connectivity index (χ3n) is 2.70. The molecule has 1 aromatic heterocycles.